The Labute approximate surface area is 118 Å². The van der Waals surface area contributed by atoms with Crippen LogP contribution in [0.3, 0.4) is 0 Å². The van der Waals surface area contributed by atoms with E-state index in [0.29, 0.717) is 30.0 Å². The summed E-state index contributed by atoms with van der Waals surface area (Å²) in [5.74, 6) is 0.449. The normalized spacial score (nSPS) is 11.0. The van der Waals surface area contributed by atoms with Crippen molar-refractivity contribution in [1.82, 2.24) is 30.4 Å². The maximum absolute atomic E-state index is 11.7. The first-order chi connectivity index (χ1) is 9.04. The predicted octanol–water partition coefficient (Wildman–Crippen LogP) is 0.242. The first-order valence-electron chi connectivity index (χ1n) is 6.41. The Morgan fingerprint density at radius 3 is 2.89 bits per heavy atom. The van der Waals surface area contributed by atoms with Gasteiger partial charge in [-0.2, -0.15) is 0 Å². The zero-order chi connectivity index (χ0) is 14.3. The van der Waals surface area contributed by atoms with Crippen molar-refractivity contribution in [3.8, 4) is 0 Å². The second-order valence-corrected chi connectivity index (χ2v) is 5.43. The van der Waals surface area contributed by atoms with E-state index in [9.17, 15) is 4.79 Å². The van der Waals surface area contributed by atoms with Gasteiger partial charge in [-0.3, -0.25) is 4.79 Å². The molecule has 0 spiro atoms. The number of rotatable bonds is 8. The van der Waals surface area contributed by atoms with Crippen LogP contribution in [0.25, 0.3) is 0 Å². The van der Waals surface area contributed by atoms with Crippen molar-refractivity contribution in [3.63, 3.8) is 0 Å². The molecule has 0 atom stereocenters. The summed E-state index contributed by atoms with van der Waals surface area (Å²) in [7, 11) is 1.79. The lowest BCUT2D eigenvalue weighted by Gasteiger charge is -2.13. The van der Waals surface area contributed by atoms with E-state index < -0.39 is 0 Å². The molecule has 0 aliphatic heterocycles. The number of hydrogen-bond donors (Lipinski definition) is 1. The van der Waals surface area contributed by atoms with Gasteiger partial charge in [-0.15, -0.1) is 5.10 Å². The van der Waals surface area contributed by atoms with E-state index in [4.69, 9.17) is 0 Å². The summed E-state index contributed by atoms with van der Waals surface area (Å²) < 4.78 is 1.72. The Hall–Kier alpha value is -1.15. The van der Waals surface area contributed by atoms with Gasteiger partial charge in [0.25, 0.3) is 0 Å². The molecule has 0 unspecified atom stereocenters. The molecular weight excluding hydrogens is 264 g/mol. The fourth-order valence-electron chi connectivity index (χ4n) is 1.31. The van der Waals surface area contributed by atoms with Crippen molar-refractivity contribution in [1.29, 1.82) is 0 Å². The minimum atomic E-state index is 0.0855. The molecule has 8 heteroatoms. The van der Waals surface area contributed by atoms with E-state index in [1.54, 1.807) is 16.6 Å². The van der Waals surface area contributed by atoms with Crippen molar-refractivity contribution in [2.24, 2.45) is 0 Å². The number of hydrogen-bond acceptors (Lipinski definition) is 6. The standard InChI is InChI=1S/C11H22N6OS/c1-5-16(4)10(18)8-19-11-13-14-15-17(11)7-6-12-9(2)3/h9,12H,5-8H2,1-4H3. The summed E-state index contributed by atoms with van der Waals surface area (Å²) >= 11 is 1.37. The van der Waals surface area contributed by atoms with Crippen LogP contribution in [-0.2, 0) is 11.3 Å². The zero-order valence-electron chi connectivity index (χ0n) is 12.0. The van der Waals surface area contributed by atoms with E-state index in [2.05, 4.69) is 34.7 Å². The van der Waals surface area contributed by atoms with Gasteiger partial charge < -0.3 is 10.2 Å². The van der Waals surface area contributed by atoms with Crippen LogP contribution >= 0.6 is 11.8 Å². The third kappa shape index (κ3) is 5.56. The van der Waals surface area contributed by atoms with Gasteiger partial charge in [0.2, 0.25) is 11.1 Å². The van der Waals surface area contributed by atoms with E-state index >= 15 is 0 Å². The molecule has 7 nitrogen and oxygen atoms in total. The average Bonchev–Trinajstić information content (AvgIpc) is 2.82. The molecule has 0 aliphatic rings. The molecule has 1 N–H and O–H groups in total. The lowest BCUT2D eigenvalue weighted by Crippen LogP contribution is -2.28. The van der Waals surface area contributed by atoms with Crippen LogP contribution in [0.5, 0.6) is 0 Å². The number of nitrogens with one attached hydrogen (secondary N) is 1. The SMILES string of the molecule is CCN(C)C(=O)CSc1nnnn1CCNC(C)C. The van der Waals surface area contributed by atoms with Crippen LogP contribution in [0, 0.1) is 0 Å². The number of thioether (sulfide) groups is 1. The first-order valence-corrected chi connectivity index (χ1v) is 7.39. The maximum Gasteiger partial charge on any atom is 0.232 e. The molecule has 1 amide bonds. The second-order valence-electron chi connectivity index (χ2n) is 4.49. The molecule has 0 saturated heterocycles. The highest BCUT2D eigenvalue weighted by Crippen LogP contribution is 2.13. The van der Waals surface area contributed by atoms with Crippen LogP contribution in [0.15, 0.2) is 5.16 Å². The highest BCUT2D eigenvalue weighted by molar-refractivity contribution is 7.99. The highest BCUT2D eigenvalue weighted by Gasteiger charge is 2.12. The van der Waals surface area contributed by atoms with Crippen LogP contribution in [0.4, 0.5) is 0 Å². The van der Waals surface area contributed by atoms with Crippen molar-refractivity contribution < 1.29 is 4.79 Å². The summed E-state index contributed by atoms with van der Waals surface area (Å²) in [6.07, 6.45) is 0. The van der Waals surface area contributed by atoms with E-state index in [1.807, 2.05) is 6.92 Å². The van der Waals surface area contributed by atoms with E-state index in [-0.39, 0.29) is 5.91 Å². The van der Waals surface area contributed by atoms with Crippen molar-refractivity contribution in [2.45, 2.75) is 38.5 Å². The largest absolute Gasteiger partial charge is 0.345 e. The Morgan fingerprint density at radius 1 is 1.53 bits per heavy atom. The molecule has 19 heavy (non-hydrogen) atoms. The maximum atomic E-state index is 11.7. The number of amides is 1. The zero-order valence-corrected chi connectivity index (χ0v) is 12.8. The quantitative estimate of drug-likeness (QED) is 0.690. The van der Waals surface area contributed by atoms with Gasteiger partial charge in [0, 0.05) is 26.2 Å². The number of carbonyl (C=O) groups is 1. The van der Waals surface area contributed by atoms with Gasteiger partial charge in [-0.1, -0.05) is 25.6 Å². The number of tetrazole rings is 1. The first kappa shape index (κ1) is 15.9. The highest BCUT2D eigenvalue weighted by atomic mass is 32.2. The van der Waals surface area contributed by atoms with Crippen molar-refractivity contribution in [2.75, 3.05) is 25.9 Å². The molecule has 0 fully saturated rings. The Kier molecular flexibility index (Phi) is 6.79. The molecule has 1 aromatic rings. The monoisotopic (exact) mass is 286 g/mol. The van der Waals surface area contributed by atoms with Crippen LogP contribution in [0.1, 0.15) is 20.8 Å². The van der Waals surface area contributed by atoms with Gasteiger partial charge in [0.1, 0.15) is 0 Å². The molecule has 0 bridgehead atoms. The third-order valence-electron chi connectivity index (χ3n) is 2.60. The molecule has 1 aromatic heterocycles. The van der Waals surface area contributed by atoms with Crippen molar-refractivity contribution in [3.05, 3.63) is 0 Å². The van der Waals surface area contributed by atoms with Crippen molar-refractivity contribution >= 4 is 17.7 Å². The van der Waals surface area contributed by atoms with E-state index in [1.165, 1.54) is 11.8 Å². The minimum Gasteiger partial charge on any atom is -0.345 e. The van der Waals surface area contributed by atoms with Gasteiger partial charge in [-0.25, -0.2) is 4.68 Å². The van der Waals surface area contributed by atoms with E-state index in [0.717, 1.165) is 6.54 Å². The van der Waals surface area contributed by atoms with Gasteiger partial charge >= 0.3 is 0 Å². The lowest BCUT2D eigenvalue weighted by atomic mass is 10.4. The fourth-order valence-corrected chi connectivity index (χ4v) is 2.16. The molecule has 1 rings (SSSR count). The van der Waals surface area contributed by atoms with Gasteiger partial charge in [0.15, 0.2) is 0 Å². The summed E-state index contributed by atoms with van der Waals surface area (Å²) in [4.78, 5) is 13.4. The number of carbonyl (C=O) groups excluding carboxylic acids is 1. The summed E-state index contributed by atoms with van der Waals surface area (Å²) in [5, 5.41) is 15.5. The number of nitrogens with zero attached hydrogens (tertiary/aromatic N) is 5. The molecular formula is C11H22N6OS. The molecule has 0 saturated carbocycles. The molecule has 1 heterocycles. The van der Waals surface area contributed by atoms with Gasteiger partial charge in [0.05, 0.1) is 12.3 Å². The van der Waals surface area contributed by atoms with Crippen LogP contribution < -0.4 is 5.32 Å². The number of aromatic nitrogens is 4. The average molecular weight is 286 g/mol. The molecule has 0 aromatic carbocycles. The lowest BCUT2D eigenvalue weighted by molar-refractivity contribution is -0.126. The van der Waals surface area contributed by atoms with Gasteiger partial charge in [-0.05, 0) is 17.4 Å². The smallest absolute Gasteiger partial charge is 0.232 e. The summed E-state index contributed by atoms with van der Waals surface area (Å²) in [5.41, 5.74) is 0. The molecule has 0 radical (unpaired) electrons. The Bertz CT molecular complexity index is 394. The summed E-state index contributed by atoms with van der Waals surface area (Å²) in [6, 6.07) is 0.437. The second kappa shape index (κ2) is 8.11. The fraction of sp³-hybridized carbons (Fsp3) is 0.818. The molecule has 108 valence electrons. The molecule has 0 aliphatic carbocycles. The third-order valence-corrected chi connectivity index (χ3v) is 3.54. The topological polar surface area (TPSA) is 75.9 Å². The minimum absolute atomic E-state index is 0.0855. The van der Waals surface area contributed by atoms with Crippen LogP contribution in [-0.4, -0.2) is 62.9 Å². The van der Waals surface area contributed by atoms with Crippen LogP contribution in [0.2, 0.25) is 0 Å². The Morgan fingerprint density at radius 2 is 2.26 bits per heavy atom. The summed E-state index contributed by atoms with van der Waals surface area (Å²) in [6.45, 7) is 8.35. The Balaban J connectivity index is 2.42. The predicted molar refractivity (Wildman–Crippen MR) is 75.0 cm³/mol.